The maximum absolute atomic E-state index is 12.8. The lowest BCUT2D eigenvalue weighted by Crippen LogP contribution is -2.22. The van der Waals surface area contributed by atoms with Gasteiger partial charge in [0.2, 0.25) is 0 Å². The van der Waals surface area contributed by atoms with Crippen molar-refractivity contribution in [2.75, 3.05) is 11.9 Å². The minimum absolute atomic E-state index is 0.0633. The molecule has 0 aromatic heterocycles. The molecule has 1 aromatic rings. The normalized spacial score (nSPS) is 12.1. The van der Waals surface area contributed by atoms with Gasteiger partial charge in [0, 0.05) is 0 Å². The van der Waals surface area contributed by atoms with E-state index in [-0.39, 0.29) is 6.61 Å². The molecule has 1 rings (SSSR count). The summed E-state index contributed by atoms with van der Waals surface area (Å²) in [4.78, 5) is 11.2. The summed E-state index contributed by atoms with van der Waals surface area (Å²) in [6, 6.07) is 1.80. The molecule has 1 N–H and O–H groups in total. The second-order valence-electron chi connectivity index (χ2n) is 3.98. The van der Waals surface area contributed by atoms with E-state index < -0.39 is 35.3 Å². The summed E-state index contributed by atoms with van der Waals surface area (Å²) < 4.78 is 81.0. The van der Waals surface area contributed by atoms with Gasteiger partial charge in [-0.2, -0.15) is 26.3 Å². The van der Waals surface area contributed by atoms with E-state index in [1.54, 1.807) is 12.2 Å². The molecule has 3 nitrogen and oxygen atoms in total. The first-order chi connectivity index (χ1) is 9.57. The Kier molecular flexibility index (Phi) is 5.08. The number of nitrogens with one attached hydrogen (secondary N) is 1. The van der Waals surface area contributed by atoms with Gasteiger partial charge in [0.25, 0.3) is 0 Å². The highest BCUT2D eigenvalue weighted by atomic mass is 19.4. The minimum Gasteiger partial charge on any atom is -0.449 e. The molecule has 0 aliphatic rings. The standard InChI is InChI=1S/C12H11F6NO2/c1-2-6-21-10(20)19-8-5-3-4-7(11(13,14)15)9(8)12(16,17)18/h3-5H,2,6H2,1H3,(H,19,20). The molecular weight excluding hydrogens is 304 g/mol. The molecule has 0 bridgehead atoms. The summed E-state index contributed by atoms with van der Waals surface area (Å²) in [5.74, 6) is 0. The van der Waals surface area contributed by atoms with Crippen LogP contribution in [0.3, 0.4) is 0 Å². The Morgan fingerprint density at radius 3 is 2.24 bits per heavy atom. The molecule has 0 heterocycles. The van der Waals surface area contributed by atoms with Crippen LogP contribution in [0.4, 0.5) is 36.8 Å². The molecule has 9 heteroatoms. The zero-order chi connectivity index (χ0) is 16.3. The highest BCUT2D eigenvalue weighted by molar-refractivity contribution is 5.86. The summed E-state index contributed by atoms with van der Waals surface area (Å²) in [5.41, 5.74) is -4.83. The number of alkyl halides is 6. The maximum Gasteiger partial charge on any atom is 0.419 e. The van der Waals surface area contributed by atoms with Gasteiger partial charge in [0.05, 0.1) is 23.4 Å². The van der Waals surface area contributed by atoms with Gasteiger partial charge in [-0.25, -0.2) is 4.79 Å². The van der Waals surface area contributed by atoms with Crippen molar-refractivity contribution >= 4 is 11.8 Å². The average molecular weight is 315 g/mol. The fraction of sp³-hybridized carbons (Fsp3) is 0.417. The van der Waals surface area contributed by atoms with Gasteiger partial charge in [-0.1, -0.05) is 13.0 Å². The van der Waals surface area contributed by atoms with Crippen molar-refractivity contribution in [2.24, 2.45) is 0 Å². The van der Waals surface area contributed by atoms with Crippen LogP contribution in [0.1, 0.15) is 24.5 Å². The number of hydrogen-bond acceptors (Lipinski definition) is 2. The minimum atomic E-state index is -5.28. The lowest BCUT2D eigenvalue weighted by molar-refractivity contribution is -0.161. The Bertz CT molecular complexity index is 509. The number of halogens is 6. The topological polar surface area (TPSA) is 38.3 Å². The van der Waals surface area contributed by atoms with Gasteiger partial charge in [-0.05, 0) is 18.6 Å². The van der Waals surface area contributed by atoms with E-state index in [1.807, 2.05) is 0 Å². The van der Waals surface area contributed by atoms with Gasteiger partial charge in [0.15, 0.2) is 0 Å². The number of carbonyl (C=O) groups excluding carboxylic acids is 1. The van der Waals surface area contributed by atoms with Crippen LogP contribution in [0.15, 0.2) is 18.2 Å². The van der Waals surface area contributed by atoms with Crippen LogP contribution in [-0.4, -0.2) is 12.7 Å². The number of hydrogen-bond donors (Lipinski definition) is 1. The molecule has 1 amide bonds. The molecule has 0 saturated carbocycles. The van der Waals surface area contributed by atoms with Crippen molar-refractivity contribution < 1.29 is 35.9 Å². The van der Waals surface area contributed by atoms with Gasteiger partial charge < -0.3 is 4.74 Å². The molecule has 1 aromatic carbocycles. The van der Waals surface area contributed by atoms with Gasteiger partial charge in [-0.3, -0.25) is 5.32 Å². The van der Waals surface area contributed by atoms with E-state index in [2.05, 4.69) is 4.74 Å². The Balaban J connectivity index is 3.24. The molecule has 0 fully saturated rings. The fourth-order valence-electron chi connectivity index (χ4n) is 1.54. The van der Waals surface area contributed by atoms with Gasteiger partial charge in [-0.15, -0.1) is 0 Å². The third kappa shape index (κ3) is 4.54. The third-order valence-electron chi connectivity index (χ3n) is 2.33. The Labute approximate surface area is 115 Å². The van der Waals surface area contributed by atoms with E-state index in [0.717, 1.165) is 12.1 Å². The van der Waals surface area contributed by atoms with Gasteiger partial charge in [0.1, 0.15) is 0 Å². The van der Waals surface area contributed by atoms with Crippen LogP contribution in [0.5, 0.6) is 0 Å². The molecule has 21 heavy (non-hydrogen) atoms. The first-order valence-electron chi connectivity index (χ1n) is 5.78. The highest BCUT2D eigenvalue weighted by Crippen LogP contribution is 2.43. The number of rotatable bonds is 3. The smallest absolute Gasteiger partial charge is 0.419 e. The van der Waals surface area contributed by atoms with E-state index >= 15 is 0 Å². The van der Waals surface area contributed by atoms with Crippen LogP contribution >= 0.6 is 0 Å². The Morgan fingerprint density at radius 1 is 1.14 bits per heavy atom. The zero-order valence-corrected chi connectivity index (χ0v) is 10.7. The second-order valence-corrected chi connectivity index (χ2v) is 3.98. The molecular formula is C12H11F6NO2. The molecule has 0 aliphatic carbocycles. The van der Waals surface area contributed by atoms with Crippen LogP contribution in [0, 0.1) is 0 Å². The van der Waals surface area contributed by atoms with Crippen molar-refractivity contribution in [3.8, 4) is 0 Å². The van der Waals surface area contributed by atoms with Crippen LogP contribution in [0.2, 0.25) is 0 Å². The first-order valence-corrected chi connectivity index (χ1v) is 5.78. The first kappa shape index (κ1) is 17.1. The highest BCUT2D eigenvalue weighted by Gasteiger charge is 2.45. The summed E-state index contributed by atoms with van der Waals surface area (Å²) >= 11 is 0. The SMILES string of the molecule is CCCOC(=O)Nc1cccc(C(F)(F)F)c1C(F)(F)F. The summed E-state index contributed by atoms with van der Waals surface area (Å²) in [7, 11) is 0. The van der Waals surface area contributed by atoms with E-state index in [9.17, 15) is 31.1 Å². The largest absolute Gasteiger partial charge is 0.449 e. The molecule has 0 spiro atoms. The van der Waals surface area contributed by atoms with Crippen LogP contribution in [-0.2, 0) is 17.1 Å². The van der Waals surface area contributed by atoms with Gasteiger partial charge >= 0.3 is 18.4 Å². The molecule has 118 valence electrons. The maximum atomic E-state index is 12.8. The Hall–Kier alpha value is -1.93. The predicted molar refractivity (Wildman–Crippen MR) is 61.7 cm³/mol. The third-order valence-corrected chi connectivity index (χ3v) is 2.33. The number of amides is 1. The van der Waals surface area contributed by atoms with Crippen LogP contribution < -0.4 is 5.32 Å². The predicted octanol–water partition coefficient (Wildman–Crippen LogP) is 4.68. The molecule has 0 saturated heterocycles. The summed E-state index contributed by atoms with van der Waals surface area (Å²) in [6.45, 7) is 1.59. The van der Waals surface area contributed by atoms with Crippen molar-refractivity contribution in [3.63, 3.8) is 0 Å². The number of benzene rings is 1. The summed E-state index contributed by atoms with van der Waals surface area (Å²) in [5, 5.41) is 1.68. The van der Waals surface area contributed by atoms with Crippen molar-refractivity contribution in [2.45, 2.75) is 25.7 Å². The quantitative estimate of drug-likeness (QED) is 0.822. The monoisotopic (exact) mass is 315 g/mol. The van der Waals surface area contributed by atoms with Crippen molar-refractivity contribution in [3.05, 3.63) is 29.3 Å². The number of ether oxygens (including phenoxy) is 1. The van der Waals surface area contributed by atoms with Crippen LogP contribution in [0.25, 0.3) is 0 Å². The molecule has 0 radical (unpaired) electrons. The Morgan fingerprint density at radius 2 is 1.76 bits per heavy atom. The fourth-order valence-corrected chi connectivity index (χ4v) is 1.54. The second kappa shape index (κ2) is 6.23. The lowest BCUT2D eigenvalue weighted by atomic mass is 10.0. The molecule has 0 unspecified atom stereocenters. The zero-order valence-electron chi connectivity index (χ0n) is 10.7. The van der Waals surface area contributed by atoms with E-state index in [0.29, 0.717) is 12.5 Å². The summed E-state index contributed by atoms with van der Waals surface area (Å²) in [6.07, 6.45) is -11.3. The van der Waals surface area contributed by atoms with E-state index in [1.165, 1.54) is 0 Å². The molecule has 0 atom stereocenters. The lowest BCUT2D eigenvalue weighted by Gasteiger charge is -2.19. The van der Waals surface area contributed by atoms with Crippen molar-refractivity contribution in [1.82, 2.24) is 0 Å². The average Bonchev–Trinajstić information content (AvgIpc) is 2.33. The number of carbonyl (C=O) groups is 1. The number of anilines is 1. The van der Waals surface area contributed by atoms with Crippen molar-refractivity contribution in [1.29, 1.82) is 0 Å². The van der Waals surface area contributed by atoms with E-state index in [4.69, 9.17) is 0 Å². The molecule has 0 aliphatic heterocycles.